The Hall–Kier alpha value is -3.56. The van der Waals surface area contributed by atoms with E-state index in [9.17, 15) is 9.59 Å². The van der Waals surface area contributed by atoms with E-state index in [1.807, 2.05) is 27.7 Å². The molecule has 0 aliphatic carbocycles. The highest BCUT2D eigenvalue weighted by molar-refractivity contribution is 6.15. The number of aryl methyl sites for hydroxylation is 1. The predicted molar refractivity (Wildman–Crippen MR) is 146 cm³/mol. The van der Waals surface area contributed by atoms with Gasteiger partial charge >= 0.3 is 0 Å². The van der Waals surface area contributed by atoms with E-state index in [0.29, 0.717) is 52.3 Å². The van der Waals surface area contributed by atoms with Crippen LogP contribution in [0.4, 0.5) is 0 Å². The normalized spacial score (nSPS) is 23.1. The van der Waals surface area contributed by atoms with Gasteiger partial charge in [0.2, 0.25) is 0 Å². The van der Waals surface area contributed by atoms with E-state index in [-0.39, 0.29) is 23.8 Å². The highest BCUT2D eigenvalue weighted by atomic mass is 16.5. The molecule has 7 rings (SSSR count). The number of benzene rings is 2. The summed E-state index contributed by atoms with van der Waals surface area (Å²) in [6, 6.07) is 14.7. The number of hydrogen-bond acceptors (Lipinski definition) is 6. The number of hydrogen-bond donors (Lipinski definition) is 0. The largest absolute Gasteiger partial charge is 0.381 e. The fraction of sp³-hybridized carbons (Fsp3) is 0.467. The van der Waals surface area contributed by atoms with Gasteiger partial charge in [0.1, 0.15) is 17.5 Å². The number of amidine groups is 1. The van der Waals surface area contributed by atoms with Crippen LogP contribution in [-0.4, -0.2) is 88.3 Å². The van der Waals surface area contributed by atoms with Crippen molar-refractivity contribution in [3.8, 4) is 11.1 Å². The number of ether oxygens (including phenoxy) is 2. The monoisotopic (exact) mass is 527 g/mol. The third-order valence-electron chi connectivity index (χ3n) is 8.68. The van der Waals surface area contributed by atoms with Gasteiger partial charge in [0.05, 0.1) is 11.7 Å². The zero-order chi connectivity index (χ0) is 26.6. The summed E-state index contributed by atoms with van der Waals surface area (Å²) in [4.78, 5) is 35.4. The van der Waals surface area contributed by atoms with Crippen LogP contribution in [-0.2, 0) is 26.1 Å². The standard InChI is InChI=1S/C30H33N5O4/c1-33-25-9-8-23(15-24(25)16-31-33)21-4-6-22(7-5-21)27-32-30(10-13-38-14-11-30)29(37)35(27)19-20-17-34(18-20)28(36)26-3-2-12-39-26/h4-9,15-16,20,26H,2-3,10-14,17-19H2,1H3/t26-/m1/s1. The summed E-state index contributed by atoms with van der Waals surface area (Å²) in [5.74, 6) is 1.12. The van der Waals surface area contributed by atoms with Gasteiger partial charge in [-0.2, -0.15) is 5.10 Å². The summed E-state index contributed by atoms with van der Waals surface area (Å²) >= 11 is 0. The maximum absolute atomic E-state index is 13.8. The summed E-state index contributed by atoms with van der Waals surface area (Å²) in [5, 5.41) is 5.45. The topological polar surface area (TPSA) is 89.3 Å². The number of carbonyl (C=O) groups is 2. The number of rotatable bonds is 5. The molecule has 3 aromatic rings. The molecular formula is C30H33N5O4. The molecule has 0 radical (unpaired) electrons. The third-order valence-corrected chi connectivity index (χ3v) is 8.68. The van der Waals surface area contributed by atoms with Crippen LogP contribution in [0.5, 0.6) is 0 Å². The summed E-state index contributed by atoms with van der Waals surface area (Å²) in [6.45, 7) is 3.62. The van der Waals surface area contributed by atoms with Crippen molar-refractivity contribution >= 4 is 28.6 Å². The molecule has 4 aliphatic heterocycles. The lowest BCUT2D eigenvalue weighted by Crippen LogP contribution is -2.57. The average molecular weight is 528 g/mol. The molecule has 2 aromatic carbocycles. The third kappa shape index (κ3) is 4.24. The molecule has 1 aromatic heterocycles. The molecule has 3 saturated heterocycles. The van der Waals surface area contributed by atoms with Crippen molar-refractivity contribution in [2.75, 3.05) is 39.5 Å². The quantitative estimate of drug-likeness (QED) is 0.509. The minimum Gasteiger partial charge on any atom is -0.381 e. The van der Waals surface area contributed by atoms with Gasteiger partial charge in [0, 0.05) is 76.2 Å². The predicted octanol–water partition coefficient (Wildman–Crippen LogP) is 3.02. The molecule has 202 valence electrons. The Balaban J connectivity index is 1.12. The fourth-order valence-electron chi connectivity index (χ4n) is 6.34. The van der Waals surface area contributed by atoms with Gasteiger partial charge in [-0.05, 0) is 36.1 Å². The lowest BCUT2D eigenvalue weighted by molar-refractivity contribution is -0.148. The molecule has 39 heavy (non-hydrogen) atoms. The second-order valence-electron chi connectivity index (χ2n) is 11.2. The van der Waals surface area contributed by atoms with E-state index in [0.717, 1.165) is 46.3 Å². The molecule has 9 nitrogen and oxygen atoms in total. The van der Waals surface area contributed by atoms with Crippen molar-refractivity contribution in [2.45, 2.75) is 37.3 Å². The van der Waals surface area contributed by atoms with E-state index >= 15 is 0 Å². The highest BCUT2D eigenvalue weighted by Crippen LogP contribution is 2.36. The second kappa shape index (κ2) is 9.57. The minimum atomic E-state index is -0.742. The van der Waals surface area contributed by atoms with Crippen LogP contribution < -0.4 is 0 Å². The highest BCUT2D eigenvalue weighted by Gasteiger charge is 2.50. The van der Waals surface area contributed by atoms with Gasteiger partial charge < -0.3 is 14.4 Å². The summed E-state index contributed by atoms with van der Waals surface area (Å²) in [6.07, 6.45) is 4.54. The summed E-state index contributed by atoms with van der Waals surface area (Å²) in [7, 11) is 1.94. The first-order chi connectivity index (χ1) is 19.0. The lowest BCUT2D eigenvalue weighted by atomic mass is 9.90. The first kappa shape index (κ1) is 24.5. The van der Waals surface area contributed by atoms with Crippen molar-refractivity contribution in [2.24, 2.45) is 18.0 Å². The Bertz CT molecular complexity index is 1440. The van der Waals surface area contributed by atoms with Crippen molar-refractivity contribution in [1.29, 1.82) is 0 Å². The summed E-state index contributed by atoms with van der Waals surface area (Å²) in [5.41, 5.74) is 3.51. The van der Waals surface area contributed by atoms with Crippen LogP contribution in [0.2, 0.25) is 0 Å². The first-order valence-electron chi connectivity index (χ1n) is 13.9. The van der Waals surface area contributed by atoms with Crippen molar-refractivity contribution < 1.29 is 19.1 Å². The Morgan fingerprint density at radius 3 is 2.51 bits per heavy atom. The number of aromatic nitrogens is 2. The zero-order valence-electron chi connectivity index (χ0n) is 22.2. The van der Waals surface area contributed by atoms with Gasteiger partial charge in [-0.15, -0.1) is 0 Å². The van der Waals surface area contributed by atoms with Gasteiger partial charge in [-0.3, -0.25) is 24.2 Å². The summed E-state index contributed by atoms with van der Waals surface area (Å²) < 4.78 is 13.0. The van der Waals surface area contributed by atoms with E-state index in [1.54, 1.807) is 0 Å². The number of likely N-dealkylation sites (tertiary alicyclic amines) is 1. The van der Waals surface area contributed by atoms with Crippen molar-refractivity contribution in [3.63, 3.8) is 0 Å². The lowest BCUT2D eigenvalue weighted by Gasteiger charge is -2.42. The number of nitrogens with zero attached hydrogens (tertiary/aromatic N) is 5. The Morgan fingerprint density at radius 2 is 1.77 bits per heavy atom. The number of amides is 2. The van der Waals surface area contributed by atoms with Crippen molar-refractivity contribution in [3.05, 3.63) is 54.2 Å². The van der Waals surface area contributed by atoms with Crippen LogP contribution in [0.3, 0.4) is 0 Å². The molecule has 0 saturated carbocycles. The molecule has 2 amide bonds. The molecule has 3 fully saturated rings. The molecule has 5 heterocycles. The molecule has 4 aliphatic rings. The van der Waals surface area contributed by atoms with Gasteiger partial charge in [0.25, 0.3) is 11.8 Å². The van der Waals surface area contributed by atoms with E-state index in [1.165, 1.54) is 0 Å². The molecule has 1 spiro atoms. The van der Waals surface area contributed by atoms with Gasteiger partial charge in [0.15, 0.2) is 0 Å². The maximum atomic E-state index is 13.8. The molecule has 0 bridgehead atoms. The molecular weight excluding hydrogens is 494 g/mol. The number of carbonyl (C=O) groups excluding carboxylic acids is 2. The van der Waals surface area contributed by atoms with Crippen LogP contribution in [0.25, 0.3) is 22.0 Å². The Morgan fingerprint density at radius 1 is 1.03 bits per heavy atom. The fourth-order valence-corrected chi connectivity index (χ4v) is 6.34. The minimum absolute atomic E-state index is 0.0656. The Labute approximate surface area is 227 Å². The first-order valence-corrected chi connectivity index (χ1v) is 13.9. The zero-order valence-corrected chi connectivity index (χ0v) is 22.2. The SMILES string of the molecule is Cn1ncc2cc(-c3ccc(C4=NC5(CCOCC5)C(=O)N4CC4CN(C(=O)[C@H]5CCCO5)C4)cc3)ccc21. The smallest absolute Gasteiger partial charge is 0.256 e. The van der Waals surface area contributed by atoms with E-state index in [2.05, 4.69) is 47.6 Å². The molecule has 9 heteroatoms. The maximum Gasteiger partial charge on any atom is 0.256 e. The van der Waals surface area contributed by atoms with Crippen LogP contribution in [0.15, 0.2) is 53.7 Å². The van der Waals surface area contributed by atoms with Crippen LogP contribution in [0, 0.1) is 5.92 Å². The van der Waals surface area contributed by atoms with E-state index < -0.39 is 5.54 Å². The van der Waals surface area contributed by atoms with E-state index in [4.69, 9.17) is 14.5 Å². The molecule has 0 N–H and O–H groups in total. The second-order valence-corrected chi connectivity index (χ2v) is 11.2. The molecule has 0 unspecified atom stereocenters. The Kier molecular flexibility index (Phi) is 6.01. The van der Waals surface area contributed by atoms with Gasteiger partial charge in [-0.1, -0.05) is 30.3 Å². The van der Waals surface area contributed by atoms with Crippen molar-refractivity contribution in [1.82, 2.24) is 19.6 Å². The van der Waals surface area contributed by atoms with Gasteiger partial charge in [-0.25, -0.2) is 0 Å². The number of aliphatic imine (C=N–C) groups is 1. The van der Waals surface area contributed by atoms with Crippen LogP contribution >= 0.6 is 0 Å². The average Bonchev–Trinajstić information content (AvgIpc) is 3.67. The molecule has 1 atom stereocenters. The number of fused-ring (bicyclic) bond motifs is 1. The van der Waals surface area contributed by atoms with Crippen LogP contribution in [0.1, 0.15) is 31.2 Å².